The van der Waals surface area contributed by atoms with Crippen LogP contribution in [-0.4, -0.2) is 6.04 Å². The van der Waals surface area contributed by atoms with Gasteiger partial charge in [0.15, 0.2) is 0 Å². The Bertz CT molecular complexity index is 214. The van der Waals surface area contributed by atoms with Gasteiger partial charge in [0.25, 0.3) is 0 Å². The predicted octanol–water partition coefficient (Wildman–Crippen LogP) is 1.50. The number of allylic oxidation sites excluding steroid dienone is 2. The van der Waals surface area contributed by atoms with Gasteiger partial charge in [-0.3, -0.25) is 0 Å². The van der Waals surface area contributed by atoms with Crippen molar-refractivity contribution in [2.75, 3.05) is 0 Å². The highest BCUT2D eigenvalue weighted by Crippen LogP contribution is 2.01. The number of rotatable bonds is 2. The topological polar surface area (TPSA) is 24.1 Å². The SMILES string of the molecule is C=C(C)NC1=CNC(C)C=C1. The molecule has 1 aliphatic heterocycles. The van der Waals surface area contributed by atoms with Crippen molar-refractivity contribution in [2.24, 2.45) is 0 Å². The van der Waals surface area contributed by atoms with Gasteiger partial charge in [0.05, 0.1) is 5.70 Å². The molecular weight excluding hydrogens is 136 g/mol. The van der Waals surface area contributed by atoms with Gasteiger partial charge in [0.2, 0.25) is 0 Å². The van der Waals surface area contributed by atoms with Gasteiger partial charge in [-0.1, -0.05) is 12.7 Å². The number of hydrogen-bond donors (Lipinski definition) is 2. The first-order valence-corrected chi connectivity index (χ1v) is 3.75. The second kappa shape index (κ2) is 3.28. The summed E-state index contributed by atoms with van der Waals surface area (Å²) in [6, 6.07) is 0.436. The van der Waals surface area contributed by atoms with Gasteiger partial charge in [0.1, 0.15) is 0 Å². The second-order valence-electron chi connectivity index (χ2n) is 2.82. The third-order valence-corrected chi connectivity index (χ3v) is 1.42. The van der Waals surface area contributed by atoms with E-state index in [0.29, 0.717) is 6.04 Å². The van der Waals surface area contributed by atoms with Gasteiger partial charge >= 0.3 is 0 Å². The van der Waals surface area contributed by atoms with E-state index in [4.69, 9.17) is 0 Å². The summed E-state index contributed by atoms with van der Waals surface area (Å²) < 4.78 is 0. The van der Waals surface area contributed by atoms with E-state index in [1.165, 1.54) is 0 Å². The summed E-state index contributed by atoms with van der Waals surface area (Å²) in [4.78, 5) is 0. The van der Waals surface area contributed by atoms with Gasteiger partial charge < -0.3 is 10.6 Å². The van der Waals surface area contributed by atoms with E-state index in [0.717, 1.165) is 11.4 Å². The average Bonchev–Trinajstić information content (AvgIpc) is 1.93. The van der Waals surface area contributed by atoms with E-state index in [1.807, 2.05) is 13.1 Å². The van der Waals surface area contributed by atoms with E-state index < -0.39 is 0 Å². The minimum Gasteiger partial charge on any atom is -0.383 e. The van der Waals surface area contributed by atoms with E-state index >= 15 is 0 Å². The lowest BCUT2D eigenvalue weighted by atomic mass is 10.2. The molecule has 1 heterocycles. The quantitative estimate of drug-likeness (QED) is 0.623. The van der Waals surface area contributed by atoms with E-state index in [1.54, 1.807) is 0 Å². The minimum atomic E-state index is 0.436. The minimum absolute atomic E-state index is 0.436. The Balaban J connectivity index is 2.50. The molecule has 0 aromatic heterocycles. The van der Waals surface area contributed by atoms with Gasteiger partial charge in [-0.2, -0.15) is 0 Å². The average molecular weight is 150 g/mol. The van der Waals surface area contributed by atoms with Gasteiger partial charge in [-0.25, -0.2) is 0 Å². The Hall–Kier alpha value is -1.18. The highest BCUT2D eigenvalue weighted by molar-refractivity contribution is 5.24. The maximum atomic E-state index is 3.75. The fraction of sp³-hybridized carbons (Fsp3) is 0.333. The lowest BCUT2D eigenvalue weighted by molar-refractivity contribution is 0.741. The van der Waals surface area contributed by atoms with Crippen molar-refractivity contribution in [3.8, 4) is 0 Å². The van der Waals surface area contributed by atoms with Crippen molar-refractivity contribution in [1.29, 1.82) is 0 Å². The van der Waals surface area contributed by atoms with Crippen molar-refractivity contribution in [1.82, 2.24) is 10.6 Å². The van der Waals surface area contributed by atoms with E-state index in [2.05, 4.69) is 36.3 Å². The molecule has 2 heteroatoms. The van der Waals surface area contributed by atoms with Crippen molar-refractivity contribution in [3.63, 3.8) is 0 Å². The highest BCUT2D eigenvalue weighted by atomic mass is 15.0. The third-order valence-electron chi connectivity index (χ3n) is 1.42. The molecule has 0 aromatic carbocycles. The molecule has 11 heavy (non-hydrogen) atoms. The first-order chi connectivity index (χ1) is 5.18. The van der Waals surface area contributed by atoms with Crippen LogP contribution in [0.4, 0.5) is 0 Å². The fourth-order valence-electron chi connectivity index (χ4n) is 0.897. The Morgan fingerprint density at radius 1 is 1.73 bits per heavy atom. The number of dihydropyridines is 1. The molecule has 1 atom stereocenters. The zero-order valence-electron chi connectivity index (χ0n) is 7.02. The van der Waals surface area contributed by atoms with Crippen LogP contribution in [0.25, 0.3) is 0 Å². The van der Waals surface area contributed by atoms with Crippen LogP contribution in [0.2, 0.25) is 0 Å². The highest BCUT2D eigenvalue weighted by Gasteiger charge is 2.00. The van der Waals surface area contributed by atoms with Gasteiger partial charge in [0, 0.05) is 17.9 Å². The van der Waals surface area contributed by atoms with Crippen LogP contribution < -0.4 is 10.6 Å². The van der Waals surface area contributed by atoms with Gasteiger partial charge in [-0.05, 0) is 19.9 Å². The van der Waals surface area contributed by atoms with Crippen LogP contribution in [0.15, 0.2) is 36.3 Å². The zero-order chi connectivity index (χ0) is 8.27. The molecule has 0 aliphatic carbocycles. The van der Waals surface area contributed by atoms with Crippen LogP contribution in [0.1, 0.15) is 13.8 Å². The molecule has 0 fully saturated rings. The smallest absolute Gasteiger partial charge is 0.0538 e. The summed E-state index contributed by atoms with van der Waals surface area (Å²) in [5.41, 5.74) is 2.02. The van der Waals surface area contributed by atoms with E-state index in [9.17, 15) is 0 Å². The monoisotopic (exact) mass is 150 g/mol. The molecule has 0 aromatic rings. The largest absolute Gasteiger partial charge is 0.383 e. The molecule has 1 rings (SSSR count). The summed E-state index contributed by atoms with van der Waals surface area (Å²) in [5, 5.41) is 6.30. The van der Waals surface area contributed by atoms with Crippen molar-refractivity contribution >= 4 is 0 Å². The van der Waals surface area contributed by atoms with Gasteiger partial charge in [-0.15, -0.1) is 0 Å². The predicted molar refractivity (Wildman–Crippen MR) is 47.8 cm³/mol. The molecule has 60 valence electrons. The first kappa shape index (κ1) is 7.92. The third kappa shape index (κ3) is 2.50. The Morgan fingerprint density at radius 2 is 2.45 bits per heavy atom. The van der Waals surface area contributed by atoms with Crippen LogP contribution >= 0.6 is 0 Å². The molecule has 0 radical (unpaired) electrons. The molecule has 1 aliphatic rings. The summed E-state index contributed by atoms with van der Waals surface area (Å²) >= 11 is 0. The normalized spacial score (nSPS) is 22.0. The van der Waals surface area contributed by atoms with Crippen molar-refractivity contribution < 1.29 is 0 Å². The lowest BCUT2D eigenvalue weighted by Gasteiger charge is -2.15. The Morgan fingerprint density at radius 3 is 2.91 bits per heavy atom. The molecule has 0 saturated heterocycles. The molecule has 0 bridgehead atoms. The molecule has 1 unspecified atom stereocenters. The Labute approximate surface area is 67.7 Å². The summed E-state index contributed by atoms with van der Waals surface area (Å²) in [7, 11) is 0. The second-order valence-corrected chi connectivity index (χ2v) is 2.82. The summed E-state index contributed by atoms with van der Waals surface area (Å²) in [6.07, 6.45) is 6.11. The standard InChI is InChI=1S/C9H14N2/c1-7(2)11-9-5-4-8(3)10-6-9/h4-6,8,10-11H,1H2,2-3H3. The number of nitrogens with one attached hydrogen (secondary N) is 2. The van der Waals surface area contributed by atoms with Crippen molar-refractivity contribution in [2.45, 2.75) is 19.9 Å². The molecule has 0 amide bonds. The molecule has 2 N–H and O–H groups in total. The molecule has 0 saturated carbocycles. The van der Waals surface area contributed by atoms with Crippen LogP contribution in [-0.2, 0) is 0 Å². The molecule has 0 spiro atoms. The zero-order valence-corrected chi connectivity index (χ0v) is 7.02. The van der Waals surface area contributed by atoms with Crippen LogP contribution in [0.3, 0.4) is 0 Å². The van der Waals surface area contributed by atoms with Crippen LogP contribution in [0.5, 0.6) is 0 Å². The lowest BCUT2D eigenvalue weighted by Crippen LogP contribution is -2.24. The summed E-state index contributed by atoms with van der Waals surface area (Å²) in [5.74, 6) is 0. The summed E-state index contributed by atoms with van der Waals surface area (Å²) in [6.45, 7) is 7.79. The van der Waals surface area contributed by atoms with Crippen LogP contribution in [0, 0.1) is 0 Å². The van der Waals surface area contributed by atoms with E-state index in [-0.39, 0.29) is 0 Å². The molecular formula is C9H14N2. The fourth-order valence-corrected chi connectivity index (χ4v) is 0.897. The number of hydrogen-bond acceptors (Lipinski definition) is 2. The first-order valence-electron chi connectivity index (χ1n) is 3.75. The molecule has 2 nitrogen and oxygen atoms in total. The maximum absolute atomic E-state index is 3.75. The maximum Gasteiger partial charge on any atom is 0.0538 e. The Kier molecular flexibility index (Phi) is 2.36. The van der Waals surface area contributed by atoms with Crippen molar-refractivity contribution in [3.05, 3.63) is 36.3 Å².